The minimum atomic E-state index is -3.46. The van der Waals surface area contributed by atoms with Gasteiger partial charge in [-0.3, -0.25) is 4.79 Å². The van der Waals surface area contributed by atoms with E-state index in [9.17, 15) is 27.8 Å². The molecule has 1 amide bonds. The highest BCUT2D eigenvalue weighted by Crippen LogP contribution is 2.23. The van der Waals surface area contributed by atoms with Gasteiger partial charge in [-0.25, -0.2) is 17.5 Å². The van der Waals surface area contributed by atoms with Crippen molar-refractivity contribution in [2.24, 2.45) is 0 Å². The number of aliphatic hydroxyl groups is 2. The van der Waals surface area contributed by atoms with E-state index in [1.54, 1.807) is 0 Å². The molecule has 0 aliphatic carbocycles. The van der Waals surface area contributed by atoms with Gasteiger partial charge in [0.15, 0.2) is 0 Å². The number of carbonyl (C=O) groups is 1. The minimum absolute atomic E-state index is 0.184. The zero-order valence-electron chi connectivity index (χ0n) is 13.6. The number of aliphatic hydroxyl groups excluding tert-OH is 2. The van der Waals surface area contributed by atoms with Crippen LogP contribution in [-0.2, 0) is 26.1 Å². The predicted octanol–water partition coefficient (Wildman–Crippen LogP) is -1.13. The fraction of sp³-hybridized carbons (Fsp3) is 0.533. The van der Waals surface area contributed by atoms with Gasteiger partial charge >= 0.3 is 0 Å². The Balaban J connectivity index is 1.82. The average molecular weight is 376 g/mol. The van der Waals surface area contributed by atoms with Gasteiger partial charge in [-0.2, -0.15) is 0 Å². The van der Waals surface area contributed by atoms with Gasteiger partial charge in [0, 0.05) is 13.1 Å². The first kappa shape index (κ1) is 19.7. The topological polar surface area (TPSA) is 125 Å². The lowest BCUT2D eigenvalue weighted by Crippen LogP contribution is -2.39. The number of benzene rings is 1. The normalized spacial score (nSPS) is 26.6. The lowest BCUT2D eigenvalue weighted by atomic mass is 10.1. The van der Waals surface area contributed by atoms with Crippen molar-refractivity contribution in [3.8, 4) is 0 Å². The maximum absolute atomic E-state index is 12.8. The Kier molecular flexibility index (Phi) is 6.47. The number of carbonyl (C=O) groups excluding carboxylic acids is 1. The molecule has 0 radical (unpaired) electrons. The van der Waals surface area contributed by atoms with Crippen molar-refractivity contribution in [1.29, 1.82) is 0 Å². The van der Waals surface area contributed by atoms with E-state index in [-0.39, 0.29) is 25.3 Å². The number of rotatable bonds is 7. The van der Waals surface area contributed by atoms with Crippen LogP contribution in [0.5, 0.6) is 0 Å². The third-order valence-corrected chi connectivity index (χ3v) is 4.49. The number of amides is 1. The van der Waals surface area contributed by atoms with Gasteiger partial charge in [0.25, 0.3) is 0 Å². The van der Waals surface area contributed by atoms with E-state index >= 15 is 0 Å². The van der Waals surface area contributed by atoms with Gasteiger partial charge in [0.05, 0.1) is 18.8 Å². The molecule has 1 saturated heterocycles. The second kappa shape index (κ2) is 8.19. The van der Waals surface area contributed by atoms with Crippen molar-refractivity contribution < 1.29 is 32.6 Å². The Morgan fingerprint density at radius 2 is 1.80 bits per heavy atom. The van der Waals surface area contributed by atoms with E-state index in [0.29, 0.717) is 5.56 Å². The lowest BCUT2D eigenvalue weighted by Gasteiger charge is -2.14. The van der Waals surface area contributed by atoms with Crippen LogP contribution >= 0.6 is 0 Å². The Labute approximate surface area is 145 Å². The lowest BCUT2D eigenvalue weighted by molar-refractivity contribution is -0.125. The number of halogens is 1. The average Bonchev–Trinajstić information content (AvgIpc) is 2.80. The van der Waals surface area contributed by atoms with Gasteiger partial charge in [0.1, 0.15) is 24.1 Å². The Bertz CT molecular complexity index is 696. The summed E-state index contributed by atoms with van der Waals surface area (Å²) in [5.74, 6) is -0.794. The van der Waals surface area contributed by atoms with Gasteiger partial charge in [0.2, 0.25) is 15.9 Å². The molecule has 2 rings (SSSR count). The van der Waals surface area contributed by atoms with E-state index in [0.717, 1.165) is 6.26 Å². The second-order valence-corrected chi connectivity index (χ2v) is 7.76. The molecule has 0 spiro atoms. The van der Waals surface area contributed by atoms with E-state index in [2.05, 4.69) is 10.0 Å². The second-order valence-electron chi connectivity index (χ2n) is 5.92. The van der Waals surface area contributed by atoms with Crippen molar-refractivity contribution >= 4 is 15.9 Å². The SMILES string of the molecule is CS(=O)(=O)NC[C@@H]1O[C@@H](CC(=O)NCc2ccc(F)cc2)[C@@H](O)[C@@H]1O. The first-order valence-corrected chi connectivity index (χ1v) is 9.52. The fourth-order valence-corrected chi connectivity index (χ4v) is 2.92. The Morgan fingerprint density at radius 3 is 2.40 bits per heavy atom. The summed E-state index contributed by atoms with van der Waals surface area (Å²) in [7, 11) is -3.46. The Hall–Kier alpha value is -1.59. The van der Waals surface area contributed by atoms with Crippen LogP contribution in [-0.4, -0.2) is 61.8 Å². The molecule has 0 saturated carbocycles. The maximum Gasteiger partial charge on any atom is 0.222 e. The standard InChI is InChI=1S/C15H21FN2O6S/c1-25(22,23)18-8-12-15(21)14(20)11(24-12)6-13(19)17-7-9-2-4-10(16)5-3-9/h2-5,11-12,14-15,18,20-21H,6-8H2,1H3,(H,17,19)/t11-,12-,14+,15+/m0/s1. The summed E-state index contributed by atoms with van der Waals surface area (Å²) in [6, 6.07) is 5.63. The van der Waals surface area contributed by atoms with Crippen molar-refractivity contribution in [3.05, 3.63) is 35.6 Å². The van der Waals surface area contributed by atoms with Crippen LogP contribution in [0.2, 0.25) is 0 Å². The van der Waals surface area contributed by atoms with Gasteiger partial charge in [-0.15, -0.1) is 0 Å². The van der Waals surface area contributed by atoms with Crippen molar-refractivity contribution in [2.45, 2.75) is 37.4 Å². The molecule has 1 fully saturated rings. The first-order valence-electron chi connectivity index (χ1n) is 7.63. The van der Waals surface area contributed by atoms with Crippen LogP contribution in [0.25, 0.3) is 0 Å². The molecular weight excluding hydrogens is 355 g/mol. The molecule has 1 aromatic rings. The van der Waals surface area contributed by atoms with Crippen LogP contribution in [0.4, 0.5) is 4.39 Å². The zero-order valence-corrected chi connectivity index (χ0v) is 14.4. The molecule has 4 N–H and O–H groups in total. The largest absolute Gasteiger partial charge is 0.388 e. The number of hydrogen-bond acceptors (Lipinski definition) is 6. The molecule has 4 atom stereocenters. The molecule has 0 aromatic heterocycles. The molecule has 0 unspecified atom stereocenters. The predicted molar refractivity (Wildman–Crippen MR) is 86.4 cm³/mol. The molecule has 25 heavy (non-hydrogen) atoms. The van der Waals surface area contributed by atoms with Gasteiger partial charge < -0.3 is 20.3 Å². The maximum atomic E-state index is 12.8. The summed E-state index contributed by atoms with van der Waals surface area (Å²) in [4.78, 5) is 11.9. The summed E-state index contributed by atoms with van der Waals surface area (Å²) >= 11 is 0. The fourth-order valence-electron chi connectivity index (χ4n) is 2.45. The third-order valence-electron chi connectivity index (χ3n) is 3.80. The molecule has 1 aromatic carbocycles. The molecule has 0 bridgehead atoms. The smallest absolute Gasteiger partial charge is 0.222 e. The first-order chi connectivity index (χ1) is 11.7. The monoisotopic (exact) mass is 376 g/mol. The quantitative estimate of drug-likeness (QED) is 0.477. The zero-order chi connectivity index (χ0) is 18.6. The molecule has 8 nitrogen and oxygen atoms in total. The molecule has 1 aliphatic heterocycles. The van der Waals surface area contributed by atoms with Crippen LogP contribution in [0.15, 0.2) is 24.3 Å². The highest BCUT2D eigenvalue weighted by Gasteiger charge is 2.43. The third kappa shape index (κ3) is 6.01. The molecule has 140 valence electrons. The summed E-state index contributed by atoms with van der Waals surface area (Å²) < 4.78 is 42.5. The van der Waals surface area contributed by atoms with Gasteiger partial charge in [-0.1, -0.05) is 12.1 Å². The molecule has 10 heteroatoms. The van der Waals surface area contributed by atoms with Crippen LogP contribution in [0.1, 0.15) is 12.0 Å². The molecular formula is C15H21FN2O6S. The van der Waals surface area contributed by atoms with Crippen LogP contribution < -0.4 is 10.0 Å². The summed E-state index contributed by atoms with van der Waals surface area (Å²) in [5, 5.41) is 22.4. The van der Waals surface area contributed by atoms with E-state index in [4.69, 9.17) is 4.74 Å². The molecule has 1 aliphatic rings. The molecule has 1 heterocycles. The summed E-state index contributed by atoms with van der Waals surface area (Å²) in [6.45, 7) is -0.0195. The minimum Gasteiger partial charge on any atom is -0.388 e. The van der Waals surface area contributed by atoms with Crippen molar-refractivity contribution in [1.82, 2.24) is 10.0 Å². The number of sulfonamides is 1. The van der Waals surface area contributed by atoms with Gasteiger partial charge in [-0.05, 0) is 17.7 Å². The van der Waals surface area contributed by atoms with Crippen molar-refractivity contribution in [3.63, 3.8) is 0 Å². The number of ether oxygens (including phenoxy) is 1. The highest BCUT2D eigenvalue weighted by atomic mass is 32.2. The summed E-state index contributed by atoms with van der Waals surface area (Å²) in [6.07, 6.45) is -3.73. The van der Waals surface area contributed by atoms with E-state index < -0.39 is 40.3 Å². The van der Waals surface area contributed by atoms with Crippen molar-refractivity contribution in [2.75, 3.05) is 12.8 Å². The van der Waals surface area contributed by atoms with Crippen LogP contribution in [0.3, 0.4) is 0 Å². The van der Waals surface area contributed by atoms with Crippen LogP contribution in [0, 0.1) is 5.82 Å². The summed E-state index contributed by atoms with van der Waals surface area (Å²) in [5.41, 5.74) is 0.706. The van der Waals surface area contributed by atoms with E-state index in [1.165, 1.54) is 24.3 Å². The Morgan fingerprint density at radius 1 is 1.20 bits per heavy atom. The highest BCUT2D eigenvalue weighted by molar-refractivity contribution is 7.88. The van der Waals surface area contributed by atoms with E-state index in [1.807, 2.05) is 0 Å². The number of nitrogens with one attached hydrogen (secondary N) is 2. The number of hydrogen-bond donors (Lipinski definition) is 4.